The monoisotopic (exact) mass is 422 g/mol. The number of carbonyl (C=O) groups excluding carboxylic acids is 2. The number of ether oxygens (including phenoxy) is 1. The Morgan fingerprint density at radius 1 is 1.31 bits per heavy atom. The Morgan fingerprint density at radius 3 is 2.69 bits per heavy atom. The molecule has 1 saturated heterocycles. The van der Waals surface area contributed by atoms with Crippen LogP contribution in [0.5, 0.6) is 0 Å². The van der Waals surface area contributed by atoms with Gasteiger partial charge < -0.3 is 9.64 Å². The third kappa shape index (κ3) is 3.57. The molecular formula is C17H18N4O7S. The predicted octanol–water partition coefficient (Wildman–Crippen LogP) is 0.867. The first-order chi connectivity index (χ1) is 13.8. The van der Waals surface area contributed by atoms with Crippen LogP contribution in [0.4, 0.5) is 4.79 Å². The largest absolute Gasteiger partial charge is 0.467 e. The SMILES string of the molecule is COC(=O)C1c2nn(CCc3ccccc3)cc2C2CN1C(=O)N2OS(=O)(=O)O. The fraction of sp³-hybridized carbons (Fsp3) is 0.353. The van der Waals surface area contributed by atoms with Crippen molar-refractivity contribution in [2.75, 3.05) is 13.7 Å². The number of amides is 2. The van der Waals surface area contributed by atoms with Crippen molar-refractivity contribution < 1.29 is 31.6 Å². The van der Waals surface area contributed by atoms with Crippen LogP contribution >= 0.6 is 0 Å². The quantitative estimate of drug-likeness (QED) is 0.536. The Kier molecular flexibility index (Phi) is 4.76. The van der Waals surface area contributed by atoms with Crippen LogP contribution in [0.25, 0.3) is 0 Å². The number of fused-ring (bicyclic) bond motifs is 4. The van der Waals surface area contributed by atoms with Crippen molar-refractivity contribution in [1.29, 1.82) is 0 Å². The van der Waals surface area contributed by atoms with Gasteiger partial charge in [-0.15, -0.1) is 4.28 Å². The van der Waals surface area contributed by atoms with Gasteiger partial charge in [-0.2, -0.15) is 18.6 Å². The fourth-order valence-corrected chi connectivity index (χ4v) is 4.02. The molecule has 1 aromatic heterocycles. The van der Waals surface area contributed by atoms with Gasteiger partial charge in [-0.1, -0.05) is 30.3 Å². The number of esters is 1. The predicted molar refractivity (Wildman–Crippen MR) is 96.4 cm³/mol. The van der Waals surface area contributed by atoms with E-state index in [0.29, 0.717) is 23.6 Å². The van der Waals surface area contributed by atoms with Gasteiger partial charge in [0, 0.05) is 18.3 Å². The van der Waals surface area contributed by atoms with E-state index in [1.807, 2.05) is 30.3 Å². The highest BCUT2D eigenvalue weighted by Gasteiger charge is 2.54. The Labute approximate surface area is 166 Å². The van der Waals surface area contributed by atoms with Gasteiger partial charge in [0.25, 0.3) is 0 Å². The molecule has 2 unspecified atom stereocenters. The van der Waals surface area contributed by atoms with Crippen LogP contribution in [0.1, 0.15) is 28.9 Å². The summed E-state index contributed by atoms with van der Waals surface area (Å²) in [6.07, 6.45) is 2.33. The standard InChI is InChI=1S/C17H18N4O7S/c1-27-16(22)15-14-12(9-19(18-14)8-7-11-5-3-2-4-6-11)13-10-20(15)17(23)21(13)28-29(24,25)26/h2-6,9,13,15H,7-8,10H2,1H3,(H,24,25,26). The summed E-state index contributed by atoms with van der Waals surface area (Å²) in [6, 6.07) is 6.89. The molecule has 0 spiro atoms. The Morgan fingerprint density at radius 2 is 2.03 bits per heavy atom. The summed E-state index contributed by atoms with van der Waals surface area (Å²) in [4.78, 5) is 26.0. The molecule has 2 aliphatic rings. The Balaban J connectivity index is 1.68. The highest BCUT2D eigenvalue weighted by molar-refractivity contribution is 7.80. The lowest BCUT2D eigenvalue weighted by Crippen LogP contribution is -2.39. The van der Waals surface area contributed by atoms with E-state index in [1.165, 1.54) is 7.11 Å². The highest BCUT2D eigenvalue weighted by atomic mass is 32.3. The average Bonchev–Trinajstić information content (AvgIpc) is 3.22. The molecular weight excluding hydrogens is 404 g/mol. The molecule has 1 fully saturated rings. The second-order valence-electron chi connectivity index (χ2n) is 6.67. The van der Waals surface area contributed by atoms with Crippen LogP contribution in [0.3, 0.4) is 0 Å². The molecule has 12 heteroatoms. The van der Waals surface area contributed by atoms with E-state index < -0.39 is 34.5 Å². The number of rotatable bonds is 6. The maximum Gasteiger partial charge on any atom is 0.418 e. The summed E-state index contributed by atoms with van der Waals surface area (Å²) in [6.45, 7) is 0.496. The number of benzene rings is 1. The average molecular weight is 422 g/mol. The summed E-state index contributed by atoms with van der Waals surface area (Å²) < 4.78 is 42.3. The molecule has 29 heavy (non-hydrogen) atoms. The lowest BCUT2D eigenvalue weighted by atomic mass is 9.98. The molecule has 2 bridgehead atoms. The molecule has 0 aliphatic carbocycles. The maximum absolute atomic E-state index is 12.6. The summed E-state index contributed by atoms with van der Waals surface area (Å²) in [5, 5.41) is 4.99. The number of hydroxylamine groups is 2. The van der Waals surface area contributed by atoms with Crippen molar-refractivity contribution in [3.05, 3.63) is 53.3 Å². The molecule has 2 amide bonds. The minimum absolute atomic E-state index is 0.00843. The fourth-order valence-electron chi connectivity index (χ4n) is 3.65. The van der Waals surface area contributed by atoms with Gasteiger partial charge in [-0.05, 0) is 12.0 Å². The van der Waals surface area contributed by atoms with Gasteiger partial charge in [0.15, 0.2) is 6.04 Å². The zero-order chi connectivity index (χ0) is 20.8. The van der Waals surface area contributed by atoms with Crippen molar-refractivity contribution in [2.24, 2.45) is 0 Å². The zero-order valence-electron chi connectivity index (χ0n) is 15.3. The normalized spacial score (nSPS) is 20.7. The zero-order valence-corrected chi connectivity index (χ0v) is 16.2. The van der Waals surface area contributed by atoms with Gasteiger partial charge in [0.05, 0.1) is 13.7 Å². The van der Waals surface area contributed by atoms with Crippen molar-refractivity contribution in [1.82, 2.24) is 19.7 Å². The topological polar surface area (TPSA) is 131 Å². The van der Waals surface area contributed by atoms with Crippen LogP contribution in [-0.2, 0) is 37.2 Å². The third-order valence-corrected chi connectivity index (χ3v) is 5.26. The number of aromatic nitrogens is 2. The number of nitrogens with zero attached hydrogens (tertiary/aromatic N) is 4. The van der Waals surface area contributed by atoms with Crippen molar-refractivity contribution in [2.45, 2.75) is 25.0 Å². The van der Waals surface area contributed by atoms with E-state index >= 15 is 0 Å². The van der Waals surface area contributed by atoms with Crippen molar-refractivity contribution in [3.63, 3.8) is 0 Å². The Hall–Kier alpha value is -2.96. The number of carbonyl (C=O) groups is 2. The molecule has 4 rings (SSSR count). The van der Waals surface area contributed by atoms with E-state index in [2.05, 4.69) is 9.38 Å². The smallest absolute Gasteiger partial charge is 0.418 e. The van der Waals surface area contributed by atoms with E-state index in [9.17, 15) is 18.0 Å². The van der Waals surface area contributed by atoms with E-state index in [1.54, 1.807) is 10.9 Å². The second kappa shape index (κ2) is 7.13. The third-order valence-electron chi connectivity index (χ3n) is 4.91. The lowest BCUT2D eigenvalue weighted by molar-refractivity contribution is -0.146. The minimum Gasteiger partial charge on any atom is -0.467 e. The minimum atomic E-state index is -4.93. The van der Waals surface area contributed by atoms with Gasteiger partial charge >= 0.3 is 22.4 Å². The van der Waals surface area contributed by atoms with Gasteiger partial charge in [-0.25, -0.2) is 9.59 Å². The number of aryl methyl sites for hydroxylation is 2. The van der Waals surface area contributed by atoms with E-state index in [-0.39, 0.29) is 12.2 Å². The summed E-state index contributed by atoms with van der Waals surface area (Å²) in [5.74, 6) is -0.708. The molecule has 1 N–H and O–H groups in total. The number of hydrogen-bond donors (Lipinski definition) is 1. The molecule has 11 nitrogen and oxygen atoms in total. The molecule has 0 saturated carbocycles. The number of urea groups is 1. The van der Waals surface area contributed by atoms with Gasteiger partial charge in [0.1, 0.15) is 11.7 Å². The van der Waals surface area contributed by atoms with Crippen LogP contribution in [-0.4, -0.2) is 58.4 Å². The lowest BCUT2D eigenvalue weighted by Gasteiger charge is -2.27. The first kappa shape index (κ1) is 19.4. The Bertz CT molecular complexity index is 1050. The number of methoxy groups -OCH3 is 1. The molecule has 154 valence electrons. The highest BCUT2D eigenvalue weighted by Crippen LogP contribution is 2.44. The van der Waals surface area contributed by atoms with E-state index in [0.717, 1.165) is 10.5 Å². The van der Waals surface area contributed by atoms with Crippen molar-refractivity contribution >= 4 is 22.4 Å². The van der Waals surface area contributed by atoms with Crippen molar-refractivity contribution in [3.8, 4) is 0 Å². The first-order valence-electron chi connectivity index (χ1n) is 8.74. The molecule has 3 heterocycles. The summed E-state index contributed by atoms with van der Waals surface area (Å²) >= 11 is 0. The van der Waals surface area contributed by atoms with Crippen LogP contribution < -0.4 is 0 Å². The molecule has 1 aromatic carbocycles. The van der Waals surface area contributed by atoms with Crippen LogP contribution in [0.15, 0.2) is 36.5 Å². The first-order valence-corrected chi connectivity index (χ1v) is 10.1. The maximum atomic E-state index is 12.6. The van der Waals surface area contributed by atoms with Crippen LogP contribution in [0, 0.1) is 0 Å². The molecule has 0 radical (unpaired) electrons. The van der Waals surface area contributed by atoms with Gasteiger partial charge in [0.2, 0.25) is 0 Å². The second-order valence-corrected chi connectivity index (χ2v) is 7.68. The van der Waals surface area contributed by atoms with E-state index in [4.69, 9.17) is 9.29 Å². The summed E-state index contributed by atoms with van der Waals surface area (Å²) in [7, 11) is -3.74. The molecule has 2 atom stereocenters. The number of hydrogen-bond acceptors (Lipinski definition) is 7. The molecule has 2 aliphatic heterocycles. The van der Waals surface area contributed by atoms with Gasteiger partial charge in [-0.3, -0.25) is 9.23 Å². The van der Waals surface area contributed by atoms with Crippen LogP contribution in [0.2, 0.25) is 0 Å². The summed E-state index contributed by atoms with van der Waals surface area (Å²) in [5.41, 5.74) is 1.84. The molecule has 2 aromatic rings.